The van der Waals surface area contributed by atoms with Gasteiger partial charge in [-0.1, -0.05) is 18.2 Å². The number of hydrogen-bond acceptors (Lipinski definition) is 3. The molecule has 0 unspecified atom stereocenters. The first-order valence-corrected chi connectivity index (χ1v) is 8.01. The number of pyridine rings is 1. The van der Waals surface area contributed by atoms with Gasteiger partial charge in [0.15, 0.2) is 0 Å². The third-order valence-electron chi connectivity index (χ3n) is 4.42. The maximum Gasteiger partial charge on any atom is 0.233 e. The molecule has 0 aliphatic carbocycles. The Morgan fingerprint density at radius 1 is 1.41 bits per heavy atom. The number of benzene rings is 1. The smallest absolute Gasteiger partial charge is 0.233 e. The maximum atomic E-state index is 11.5. The van der Waals surface area contributed by atoms with Crippen molar-refractivity contribution in [3.05, 3.63) is 42.1 Å². The molecule has 3 rings (SSSR count). The topological polar surface area (TPSA) is 45.2 Å². The highest BCUT2D eigenvalue weighted by atomic mass is 16.1. The zero-order valence-electron chi connectivity index (χ0n) is 13.1. The molecule has 116 valence electrons. The summed E-state index contributed by atoms with van der Waals surface area (Å²) in [4.78, 5) is 18.3. The Hall–Kier alpha value is -1.94. The van der Waals surface area contributed by atoms with E-state index in [1.165, 1.54) is 23.8 Å². The largest absolute Gasteiger partial charge is 0.358 e. The summed E-state index contributed by atoms with van der Waals surface area (Å²) in [7, 11) is 1.70. The quantitative estimate of drug-likeness (QED) is 0.941. The van der Waals surface area contributed by atoms with Crippen LogP contribution in [0, 0.1) is 5.92 Å². The van der Waals surface area contributed by atoms with E-state index in [0.29, 0.717) is 12.5 Å². The van der Waals surface area contributed by atoms with Crippen LogP contribution in [0.4, 0.5) is 0 Å². The number of fused-ring (bicyclic) bond motifs is 1. The van der Waals surface area contributed by atoms with Crippen LogP contribution in [-0.2, 0) is 11.2 Å². The standard InChI is InChI=1S/C18H23N3O/c1-19-18(22)13-21-8-4-5-14(12-21)9-15-10-16-6-2-3-7-17(16)20-11-15/h2-3,6-7,10-11,14H,4-5,8-9,12-13H2,1H3,(H,19,22)/t14-/m1/s1. The lowest BCUT2D eigenvalue weighted by molar-refractivity contribution is -0.122. The minimum atomic E-state index is 0.105. The van der Waals surface area contributed by atoms with Gasteiger partial charge in [0, 0.05) is 25.2 Å². The van der Waals surface area contributed by atoms with Crippen LogP contribution in [0.2, 0.25) is 0 Å². The van der Waals surface area contributed by atoms with E-state index in [-0.39, 0.29) is 5.91 Å². The van der Waals surface area contributed by atoms with Gasteiger partial charge < -0.3 is 5.32 Å². The summed E-state index contributed by atoms with van der Waals surface area (Å²) in [6.45, 7) is 2.54. The van der Waals surface area contributed by atoms with Crippen molar-refractivity contribution < 1.29 is 4.79 Å². The molecule has 0 radical (unpaired) electrons. The van der Waals surface area contributed by atoms with Crippen LogP contribution in [0.15, 0.2) is 36.5 Å². The molecule has 1 aliphatic heterocycles. The number of amides is 1. The fourth-order valence-electron chi connectivity index (χ4n) is 3.31. The Kier molecular flexibility index (Phi) is 4.68. The van der Waals surface area contributed by atoms with Crippen molar-refractivity contribution in [2.75, 3.05) is 26.7 Å². The number of nitrogens with one attached hydrogen (secondary N) is 1. The van der Waals surface area contributed by atoms with Crippen molar-refractivity contribution in [1.82, 2.24) is 15.2 Å². The molecule has 0 saturated carbocycles. The highest BCUT2D eigenvalue weighted by Crippen LogP contribution is 2.22. The fraction of sp³-hybridized carbons (Fsp3) is 0.444. The van der Waals surface area contributed by atoms with E-state index in [1.807, 2.05) is 18.3 Å². The van der Waals surface area contributed by atoms with Crippen LogP contribution in [0.25, 0.3) is 10.9 Å². The van der Waals surface area contributed by atoms with Crippen molar-refractivity contribution in [3.63, 3.8) is 0 Å². The SMILES string of the molecule is CNC(=O)CN1CCC[C@H](Cc2cnc3ccccc3c2)C1. The van der Waals surface area contributed by atoms with Crippen LogP contribution in [0.3, 0.4) is 0 Å². The summed E-state index contributed by atoms with van der Waals surface area (Å²) >= 11 is 0. The molecule has 1 aromatic heterocycles. The minimum absolute atomic E-state index is 0.105. The zero-order chi connectivity index (χ0) is 15.4. The summed E-state index contributed by atoms with van der Waals surface area (Å²) in [5.41, 5.74) is 2.35. The predicted octanol–water partition coefficient (Wildman–Crippen LogP) is 2.24. The Bertz CT molecular complexity index is 656. The normalized spacial score (nSPS) is 19.2. The Morgan fingerprint density at radius 2 is 2.27 bits per heavy atom. The first-order valence-electron chi connectivity index (χ1n) is 8.01. The summed E-state index contributed by atoms with van der Waals surface area (Å²) < 4.78 is 0. The van der Waals surface area contributed by atoms with Gasteiger partial charge in [0.2, 0.25) is 5.91 Å². The molecule has 1 N–H and O–H groups in total. The predicted molar refractivity (Wildman–Crippen MR) is 88.7 cm³/mol. The molecule has 0 spiro atoms. The lowest BCUT2D eigenvalue weighted by Crippen LogP contribution is -2.42. The second kappa shape index (κ2) is 6.88. The van der Waals surface area contributed by atoms with Crippen molar-refractivity contribution in [1.29, 1.82) is 0 Å². The lowest BCUT2D eigenvalue weighted by atomic mass is 9.91. The van der Waals surface area contributed by atoms with E-state index in [9.17, 15) is 4.79 Å². The number of rotatable bonds is 4. The molecule has 1 aliphatic rings. The third kappa shape index (κ3) is 3.63. The van der Waals surface area contributed by atoms with Gasteiger partial charge in [0.25, 0.3) is 0 Å². The van der Waals surface area contributed by atoms with Gasteiger partial charge >= 0.3 is 0 Å². The molecule has 4 heteroatoms. The average Bonchev–Trinajstić information content (AvgIpc) is 2.55. The average molecular weight is 297 g/mol. The minimum Gasteiger partial charge on any atom is -0.358 e. The summed E-state index contributed by atoms with van der Waals surface area (Å²) in [6, 6.07) is 10.5. The van der Waals surface area contributed by atoms with Gasteiger partial charge in [-0.05, 0) is 49.4 Å². The molecule has 1 amide bonds. The summed E-state index contributed by atoms with van der Waals surface area (Å²) in [6.07, 6.45) is 5.45. The number of nitrogens with zero attached hydrogens (tertiary/aromatic N) is 2. The van der Waals surface area contributed by atoms with Gasteiger partial charge in [-0.3, -0.25) is 14.7 Å². The van der Waals surface area contributed by atoms with Crippen LogP contribution >= 0.6 is 0 Å². The van der Waals surface area contributed by atoms with Crippen LogP contribution in [0.1, 0.15) is 18.4 Å². The molecular formula is C18H23N3O. The Labute approximate surface area is 131 Å². The second-order valence-electron chi connectivity index (χ2n) is 6.16. The Morgan fingerprint density at radius 3 is 3.14 bits per heavy atom. The lowest BCUT2D eigenvalue weighted by Gasteiger charge is -2.32. The first-order chi connectivity index (χ1) is 10.7. The summed E-state index contributed by atoms with van der Waals surface area (Å²) in [5.74, 6) is 0.717. The number of likely N-dealkylation sites (tertiary alicyclic amines) is 1. The number of likely N-dealkylation sites (N-methyl/N-ethyl adjacent to an activating group) is 1. The molecular weight excluding hydrogens is 274 g/mol. The zero-order valence-corrected chi connectivity index (χ0v) is 13.1. The van der Waals surface area contributed by atoms with E-state index in [0.717, 1.165) is 25.0 Å². The molecule has 1 saturated heterocycles. The van der Waals surface area contributed by atoms with Gasteiger partial charge in [-0.2, -0.15) is 0 Å². The maximum absolute atomic E-state index is 11.5. The van der Waals surface area contributed by atoms with Crippen molar-refractivity contribution in [3.8, 4) is 0 Å². The van der Waals surface area contributed by atoms with Crippen LogP contribution < -0.4 is 5.32 Å². The number of carbonyl (C=O) groups is 1. The van der Waals surface area contributed by atoms with Crippen LogP contribution in [-0.4, -0.2) is 42.5 Å². The molecule has 22 heavy (non-hydrogen) atoms. The van der Waals surface area contributed by atoms with Gasteiger partial charge in [-0.15, -0.1) is 0 Å². The number of hydrogen-bond donors (Lipinski definition) is 1. The highest BCUT2D eigenvalue weighted by molar-refractivity contribution is 5.78. The van der Waals surface area contributed by atoms with Gasteiger partial charge in [0.05, 0.1) is 12.1 Å². The van der Waals surface area contributed by atoms with Crippen molar-refractivity contribution >= 4 is 16.8 Å². The monoisotopic (exact) mass is 297 g/mol. The Balaban J connectivity index is 1.64. The molecule has 1 fully saturated rings. The number of carbonyl (C=O) groups excluding carboxylic acids is 1. The van der Waals surface area contributed by atoms with Crippen molar-refractivity contribution in [2.24, 2.45) is 5.92 Å². The van der Waals surface area contributed by atoms with E-state index < -0.39 is 0 Å². The fourth-order valence-corrected chi connectivity index (χ4v) is 3.31. The third-order valence-corrected chi connectivity index (χ3v) is 4.42. The number of piperidine rings is 1. The molecule has 4 nitrogen and oxygen atoms in total. The molecule has 1 aromatic carbocycles. The number of aromatic nitrogens is 1. The van der Waals surface area contributed by atoms with Gasteiger partial charge in [-0.25, -0.2) is 0 Å². The summed E-state index contributed by atoms with van der Waals surface area (Å²) in [5, 5.41) is 3.91. The van der Waals surface area contributed by atoms with E-state index in [2.05, 4.69) is 33.4 Å². The molecule has 2 heterocycles. The second-order valence-corrected chi connectivity index (χ2v) is 6.16. The number of para-hydroxylation sites is 1. The van der Waals surface area contributed by atoms with Crippen LogP contribution in [0.5, 0.6) is 0 Å². The van der Waals surface area contributed by atoms with E-state index in [4.69, 9.17) is 0 Å². The van der Waals surface area contributed by atoms with Crippen molar-refractivity contribution in [2.45, 2.75) is 19.3 Å². The van der Waals surface area contributed by atoms with E-state index >= 15 is 0 Å². The molecule has 2 aromatic rings. The molecule has 0 bridgehead atoms. The molecule has 1 atom stereocenters. The highest BCUT2D eigenvalue weighted by Gasteiger charge is 2.21. The van der Waals surface area contributed by atoms with E-state index in [1.54, 1.807) is 7.05 Å². The first kappa shape index (κ1) is 15.0. The van der Waals surface area contributed by atoms with Gasteiger partial charge in [0.1, 0.15) is 0 Å².